The van der Waals surface area contributed by atoms with Gasteiger partial charge in [0.2, 0.25) is 0 Å². The van der Waals surface area contributed by atoms with E-state index in [1.54, 1.807) is 0 Å². The molecule has 0 unspecified atom stereocenters. The molecular weight excluding hydrogens is 146 g/mol. The topological polar surface area (TPSA) is 0 Å². The Morgan fingerprint density at radius 3 is 0.667 bits per heavy atom. The van der Waals surface area contributed by atoms with E-state index in [0.29, 0.717) is 0 Å². The van der Waals surface area contributed by atoms with Gasteiger partial charge in [0, 0.05) is 0 Å². The van der Waals surface area contributed by atoms with E-state index in [0.717, 1.165) is 0 Å². The Hall–Kier alpha value is 0.234. The molecule has 0 rings (SSSR count). The molecule has 0 bridgehead atoms. The van der Waals surface area contributed by atoms with Crippen LogP contribution in [-0.4, -0.2) is 0 Å². The Balaban J connectivity index is 3.73. The normalized spacial score (nSPS) is 19.2. The fourth-order valence-corrected chi connectivity index (χ4v) is 0. The van der Waals surface area contributed by atoms with Gasteiger partial charge in [0.25, 0.3) is 0 Å². The third kappa shape index (κ3) is 806. The van der Waals surface area contributed by atoms with Crippen LogP contribution in [0.25, 0.3) is 0 Å². The van der Waals surface area contributed by atoms with Crippen molar-refractivity contribution < 1.29 is 32.3 Å². The molecule has 0 atom stereocenters. The molecule has 0 saturated carbocycles. The molecule has 0 aromatic rings. The van der Waals surface area contributed by atoms with Crippen molar-refractivity contribution in [3.05, 3.63) is 0 Å². The van der Waals surface area contributed by atoms with Gasteiger partial charge in [-0.3, -0.25) is 0 Å². The van der Waals surface area contributed by atoms with E-state index in [4.69, 9.17) is 0 Å². The van der Waals surface area contributed by atoms with Gasteiger partial charge in [-0.15, -0.1) is 0 Å². The summed E-state index contributed by atoms with van der Waals surface area (Å²) in [5.41, 5.74) is 0. The zero-order valence-corrected chi connectivity index (χ0v) is 3.73. The van der Waals surface area contributed by atoms with Gasteiger partial charge in [0.05, 0.1) is 0 Å². The SMILES string of the molecule is [F][V]([F])([F])([F])[F]. The quantitative estimate of drug-likeness (QED) is 0.459. The summed E-state index contributed by atoms with van der Waals surface area (Å²) in [6.45, 7) is 0. The molecule has 0 aromatic carbocycles. The maximum absolute atomic E-state index is 9.89. The molecule has 0 N–H and O–H groups in total. The Kier molecular flexibility index (Phi) is 0.931. The zero-order chi connectivity index (χ0) is 5.45. The van der Waals surface area contributed by atoms with Crippen molar-refractivity contribution in [1.29, 1.82) is 0 Å². The summed E-state index contributed by atoms with van der Waals surface area (Å²) in [5.74, 6) is 0. The summed E-state index contributed by atoms with van der Waals surface area (Å²) in [4.78, 5) is 0. The van der Waals surface area contributed by atoms with Crippen molar-refractivity contribution in [1.82, 2.24) is 0 Å². The molecule has 0 amide bonds. The van der Waals surface area contributed by atoms with Gasteiger partial charge >= 0.3 is 32.3 Å². The monoisotopic (exact) mass is 146 g/mol. The number of halogens is 5. The van der Waals surface area contributed by atoms with Gasteiger partial charge in [-0.1, -0.05) is 0 Å². The second kappa shape index (κ2) is 0.896. The standard InChI is InChI=1S/5FH.V/h5*1H;/q;;;;;+5/p-5. The molecule has 0 spiro atoms. The van der Waals surface area contributed by atoms with Crippen LogP contribution in [0.1, 0.15) is 0 Å². The van der Waals surface area contributed by atoms with Crippen LogP contribution in [0.15, 0.2) is 0 Å². The summed E-state index contributed by atoms with van der Waals surface area (Å²) in [6, 6.07) is 0. The average molecular weight is 146 g/mol. The van der Waals surface area contributed by atoms with Crippen molar-refractivity contribution in [2.75, 3.05) is 0 Å². The van der Waals surface area contributed by atoms with E-state index in [-0.39, 0.29) is 0 Å². The Morgan fingerprint density at radius 1 is 0.667 bits per heavy atom. The Morgan fingerprint density at radius 2 is 0.667 bits per heavy atom. The van der Waals surface area contributed by atoms with Gasteiger partial charge in [-0.2, -0.15) is 0 Å². The summed E-state index contributed by atoms with van der Waals surface area (Å²) >= 11 is -8.99. The second-order valence-corrected chi connectivity index (χ2v) is 2.63. The first-order valence-corrected chi connectivity index (χ1v) is 3.48. The molecule has 0 fully saturated rings. The molecule has 0 saturated heterocycles. The van der Waals surface area contributed by atoms with Crippen LogP contribution < -0.4 is 0 Å². The second-order valence-electron chi connectivity index (χ2n) is 0.639. The van der Waals surface area contributed by atoms with E-state index >= 15 is 0 Å². The van der Waals surface area contributed by atoms with Gasteiger partial charge in [-0.05, 0) is 0 Å². The zero-order valence-electron chi connectivity index (χ0n) is 2.34. The van der Waals surface area contributed by atoms with Gasteiger partial charge in [0.15, 0.2) is 0 Å². The number of hydrogen-bond donors (Lipinski definition) is 0. The van der Waals surface area contributed by atoms with E-state index < -0.39 is 15.3 Å². The molecule has 0 heterocycles. The van der Waals surface area contributed by atoms with Crippen LogP contribution in [0.2, 0.25) is 0 Å². The van der Waals surface area contributed by atoms with Crippen molar-refractivity contribution in [3.8, 4) is 0 Å². The summed E-state index contributed by atoms with van der Waals surface area (Å²) in [5, 5.41) is 0. The molecule has 0 aliphatic heterocycles. The van der Waals surface area contributed by atoms with Gasteiger partial charge in [0.1, 0.15) is 0 Å². The van der Waals surface area contributed by atoms with Crippen LogP contribution >= 0.6 is 0 Å². The molecule has 0 nitrogen and oxygen atoms in total. The first kappa shape index (κ1) is 6.23. The van der Waals surface area contributed by atoms with Crippen molar-refractivity contribution in [3.63, 3.8) is 0 Å². The van der Waals surface area contributed by atoms with Crippen LogP contribution in [0.4, 0.5) is 17.0 Å². The van der Waals surface area contributed by atoms with Gasteiger partial charge in [-0.25, -0.2) is 0 Å². The number of rotatable bonds is 0. The van der Waals surface area contributed by atoms with Crippen LogP contribution in [0.3, 0.4) is 0 Å². The van der Waals surface area contributed by atoms with E-state index in [1.807, 2.05) is 0 Å². The minimum absolute atomic E-state index is 8.99. The Bertz CT molecular complexity index is 37.1. The van der Waals surface area contributed by atoms with E-state index in [1.165, 1.54) is 0 Å². The first-order chi connectivity index (χ1) is 2.24. The third-order valence-electron chi connectivity index (χ3n) is 0. The van der Waals surface area contributed by atoms with Crippen molar-refractivity contribution in [2.45, 2.75) is 0 Å². The fraction of sp³-hybridized carbons (Fsp3) is 0. The summed E-state index contributed by atoms with van der Waals surface area (Å²) in [7, 11) is 0. The van der Waals surface area contributed by atoms with E-state index in [9.17, 15) is 17.0 Å². The van der Waals surface area contributed by atoms with Crippen LogP contribution in [0, 0.1) is 0 Å². The molecule has 6 heteroatoms. The first-order valence-electron chi connectivity index (χ1n) is 0.845. The number of hydrogen-bond acceptors (Lipinski definition) is 0. The predicted octanol–water partition coefficient (Wildman–Crippen LogP) is 2.10. The van der Waals surface area contributed by atoms with E-state index in [2.05, 4.69) is 0 Å². The minimum atomic E-state index is -8.99. The fourth-order valence-electron chi connectivity index (χ4n) is 0. The predicted molar refractivity (Wildman–Crippen MR) is 5.54 cm³/mol. The molecular formula is F5V. The molecule has 6 heavy (non-hydrogen) atoms. The maximum atomic E-state index is 9.89. The molecule has 0 aromatic heterocycles. The summed E-state index contributed by atoms with van der Waals surface area (Å²) < 4.78 is 49.4. The molecule has 0 aliphatic rings. The summed E-state index contributed by atoms with van der Waals surface area (Å²) in [6.07, 6.45) is 0. The third-order valence-corrected chi connectivity index (χ3v) is 0. The Labute approximate surface area is 33.3 Å². The van der Waals surface area contributed by atoms with Crippen molar-refractivity contribution in [2.24, 2.45) is 0 Å². The average Bonchev–Trinajstić information content (AvgIpc) is 0.650. The molecule has 0 aliphatic carbocycles. The van der Waals surface area contributed by atoms with Crippen molar-refractivity contribution >= 4 is 0 Å². The van der Waals surface area contributed by atoms with Crippen LogP contribution in [0.5, 0.6) is 0 Å². The molecule has 0 radical (unpaired) electrons. The van der Waals surface area contributed by atoms with Gasteiger partial charge < -0.3 is 0 Å². The molecule has 40 valence electrons. The van der Waals surface area contributed by atoms with Crippen LogP contribution in [-0.2, 0) is 15.3 Å².